The number of aromatic nitrogens is 1. The summed E-state index contributed by atoms with van der Waals surface area (Å²) < 4.78 is 11.1. The van der Waals surface area contributed by atoms with Crippen molar-refractivity contribution >= 4 is 11.7 Å². The molecule has 2 aliphatic rings. The Labute approximate surface area is 153 Å². The zero-order chi connectivity index (χ0) is 17.8. The molecule has 0 aliphatic carbocycles. The van der Waals surface area contributed by atoms with E-state index in [-0.39, 0.29) is 5.91 Å². The molecular formula is C20H23N3O3. The molecule has 2 aliphatic heterocycles. The van der Waals surface area contributed by atoms with Crippen molar-refractivity contribution < 1.29 is 14.3 Å². The van der Waals surface area contributed by atoms with Crippen LogP contribution in [-0.2, 0) is 6.54 Å². The van der Waals surface area contributed by atoms with Crippen LogP contribution in [0.1, 0.15) is 35.2 Å². The smallest absolute Gasteiger partial charge is 0.251 e. The molecule has 0 atom stereocenters. The molecule has 6 nitrogen and oxygen atoms in total. The molecular weight excluding hydrogens is 330 g/mol. The van der Waals surface area contributed by atoms with Crippen LogP contribution in [0.2, 0.25) is 0 Å². The predicted molar refractivity (Wildman–Crippen MR) is 98.9 cm³/mol. The summed E-state index contributed by atoms with van der Waals surface area (Å²) in [4.78, 5) is 19.4. The molecule has 4 rings (SSSR count). The van der Waals surface area contributed by atoms with Crippen LogP contribution in [0.4, 0.5) is 5.82 Å². The number of anilines is 1. The highest BCUT2D eigenvalue weighted by Gasteiger charge is 2.17. The van der Waals surface area contributed by atoms with Crippen LogP contribution in [0.25, 0.3) is 0 Å². The van der Waals surface area contributed by atoms with Crippen LogP contribution in [0.5, 0.6) is 11.5 Å². The summed E-state index contributed by atoms with van der Waals surface area (Å²) in [6.07, 6.45) is 5.48. The van der Waals surface area contributed by atoms with Gasteiger partial charge in [0.2, 0.25) is 0 Å². The second kappa shape index (κ2) is 7.64. The van der Waals surface area contributed by atoms with E-state index in [2.05, 4.69) is 15.2 Å². The van der Waals surface area contributed by atoms with E-state index < -0.39 is 0 Å². The van der Waals surface area contributed by atoms with E-state index in [0.29, 0.717) is 36.8 Å². The average molecular weight is 353 g/mol. The summed E-state index contributed by atoms with van der Waals surface area (Å²) in [7, 11) is 0. The Balaban J connectivity index is 1.45. The van der Waals surface area contributed by atoms with Crippen LogP contribution in [0.15, 0.2) is 36.5 Å². The lowest BCUT2D eigenvalue weighted by atomic mass is 10.1. The minimum atomic E-state index is -0.129. The lowest BCUT2D eigenvalue weighted by molar-refractivity contribution is 0.0949. The maximum atomic E-state index is 12.5. The first-order chi connectivity index (χ1) is 12.8. The number of piperidine rings is 1. The van der Waals surface area contributed by atoms with Crippen molar-refractivity contribution in [1.82, 2.24) is 10.3 Å². The normalized spacial score (nSPS) is 16.2. The molecule has 136 valence electrons. The fraction of sp³-hybridized carbons (Fsp3) is 0.400. The molecule has 1 aromatic carbocycles. The molecule has 1 saturated heterocycles. The van der Waals surface area contributed by atoms with E-state index in [0.717, 1.165) is 24.5 Å². The van der Waals surface area contributed by atoms with Gasteiger partial charge in [0.1, 0.15) is 19.0 Å². The van der Waals surface area contributed by atoms with E-state index in [1.54, 1.807) is 18.2 Å². The number of pyridine rings is 1. The van der Waals surface area contributed by atoms with Gasteiger partial charge in [0.25, 0.3) is 5.91 Å². The van der Waals surface area contributed by atoms with E-state index in [4.69, 9.17) is 9.47 Å². The number of nitrogens with zero attached hydrogens (tertiary/aromatic N) is 2. The molecule has 0 radical (unpaired) electrons. The third-order valence-electron chi connectivity index (χ3n) is 4.77. The van der Waals surface area contributed by atoms with Crippen molar-refractivity contribution in [3.63, 3.8) is 0 Å². The number of ether oxygens (including phenoxy) is 2. The summed E-state index contributed by atoms with van der Waals surface area (Å²) in [6, 6.07) is 9.23. The zero-order valence-corrected chi connectivity index (χ0v) is 14.7. The SMILES string of the molecule is O=C(NCc1cccnc1N1CCCCC1)c1ccc2c(c1)OCCO2. The van der Waals surface area contributed by atoms with Gasteiger partial charge in [-0.2, -0.15) is 0 Å². The third-order valence-corrected chi connectivity index (χ3v) is 4.77. The van der Waals surface area contributed by atoms with Gasteiger partial charge in [-0.3, -0.25) is 4.79 Å². The average Bonchev–Trinajstić information content (AvgIpc) is 2.72. The van der Waals surface area contributed by atoms with Gasteiger partial charge in [-0.1, -0.05) is 6.07 Å². The molecule has 1 aromatic heterocycles. The van der Waals surface area contributed by atoms with Crippen molar-refractivity contribution in [1.29, 1.82) is 0 Å². The van der Waals surface area contributed by atoms with E-state index in [9.17, 15) is 4.79 Å². The fourth-order valence-corrected chi connectivity index (χ4v) is 3.42. The molecule has 1 amide bonds. The quantitative estimate of drug-likeness (QED) is 0.916. The number of benzene rings is 1. The number of hydrogen-bond acceptors (Lipinski definition) is 5. The van der Waals surface area contributed by atoms with Gasteiger partial charge in [-0.05, 0) is 43.5 Å². The highest BCUT2D eigenvalue weighted by atomic mass is 16.6. The number of fused-ring (bicyclic) bond motifs is 1. The molecule has 1 N–H and O–H groups in total. The molecule has 3 heterocycles. The van der Waals surface area contributed by atoms with Crippen LogP contribution in [-0.4, -0.2) is 37.2 Å². The highest BCUT2D eigenvalue weighted by molar-refractivity contribution is 5.94. The first-order valence-electron chi connectivity index (χ1n) is 9.18. The van der Waals surface area contributed by atoms with Gasteiger partial charge in [0.15, 0.2) is 11.5 Å². The molecule has 2 aromatic rings. The first kappa shape index (κ1) is 16.7. The Morgan fingerprint density at radius 2 is 1.88 bits per heavy atom. The van der Waals surface area contributed by atoms with Crippen LogP contribution in [0, 0.1) is 0 Å². The summed E-state index contributed by atoms with van der Waals surface area (Å²) in [5.41, 5.74) is 1.61. The van der Waals surface area contributed by atoms with Gasteiger partial charge in [0.05, 0.1) is 0 Å². The lowest BCUT2D eigenvalue weighted by Gasteiger charge is -2.29. The third kappa shape index (κ3) is 3.59. The summed E-state index contributed by atoms with van der Waals surface area (Å²) in [5.74, 6) is 2.16. The van der Waals surface area contributed by atoms with Gasteiger partial charge in [0, 0.05) is 37.0 Å². The summed E-state index contributed by atoms with van der Waals surface area (Å²) in [5, 5.41) is 3.00. The summed E-state index contributed by atoms with van der Waals surface area (Å²) in [6.45, 7) is 3.55. The largest absolute Gasteiger partial charge is 0.486 e. The number of rotatable bonds is 4. The Hall–Kier alpha value is -2.76. The van der Waals surface area contributed by atoms with Crippen molar-refractivity contribution in [3.8, 4) is 11.5 Å². The maximum absolute atomic E-state index is 12.5. The number of hydrogen-bond donors (Lipinski definition) is 1. The number of carbonyl (C=O) groups is 1. The van der Waals surface area contributed by atoms with E-state index in [1.807, 2.05) is 18.3 Å². The topological polar surface area (TPSA) is 63.7 Å². The molecule has 26 heavy (non-hydrogen) atoms. The molecule has 0 saturated carbocycles. The number of carbonyl (C=O) groups excluding carboxylic acids is 1. The number of amides is 1. The van der Waals surface area contributed by atoms with Crippen LogP contribution >= 0.6 is 0 Å². The van der Waals surface area contributed by atoms with Crippen molar-refractivity contribution in [2.45, 2.75) is 25.8 Å². The predicted octanol–water partition coefficient (Wildman–Crippen LogP) is 2.77. The lowest BCUT2D eigenvalue weighted by Crippen LogP contribution is -2.32. The standard InChI is InChI=1S/C20H23N3O3/c24-20(15-6-7-17-18(13-15)26-12-11-25-17)22-14-16-5-4-8-21-19(16)23-9-2-1-3-10-23/h4-8,13H,1-3,9-12,14H2,(H,22,24). The Morgan fingerprint density at radius 3 is 2.73 bits per heavy atom. The van der Waals surface area contributed by atoms with Crippen molar-refractivity contribution in [2.75, 3.05) is 31.2 Å². The minimum Gasteiger partial charge on any atom is -0.486 e. The highest BCUT2D eigenvalue weighted by Crippen LogP contribution is 2.30. The van der Waals surface area contributed by atoms with Gasteiger partial charge in [-0.15, -0.1) is 0 Å². The van der Waals surface area contributed by atoms with Crippen molar-refractivity contribution in [3.05, 3.63) is 47.7 Å². The first-order valence-corrected chi connectivity index (χ1v) is 9.18. The van der Waals surface area contributed by atoms with Gasteiger partial charge < -0.3 is 19.7 Å². The molecule has 0 spiro atoms. The maximum Gasteiger partial charge on any atom is 0.251 e. The van der Waals surface area contributed by atoms with E-state index >= 15 is 0 Å². The van der Waals surface area contributed by atoms with Crippen LogP contribution < -0.4 is 19.7 Å². The fourth-order valence-electron chi connectivity index (χ4n) is 3.42. The monoisotopic (exact) mass is 353 g/mol. The van der Waals surface area contributed by atoms with Crippen molar-refractivity contribution in [2.24, 2.45) is 0 Å². The van der Waals surface area contributed by atoms with Crippen LogP contribution in [0.3, 0.4) is 0 Å². The molecule has 0 unspecified atom stereocenters. The minimum absolute atomic E-state index is 0.129. The molecule has 0 bridgehead atoms. The van der Waals surface area contributed by atoms with Gasteiger partial charge in [-0.25, -0.2) is 4.98 Å². The molecule has 6 heteroatoms. The second-order valence-corrected chi connectivity index (χ2v) is 6.57. The zero-order valence-electron chi connectivity index (χ0n) is 14.7. The van der Waals surface area contributed by atoms with E-state index in [1.165, 1.54) is 19.3 Å². The second-order valence-electron chi connectivity index (χ2n) is 6.57. The Morgan fingerprint density at radius 1 is 1.08 bits per heavy atom. The Kier molecular flexibility index (Phi) is 4.91. The Bertz CT molecular complexity index is 788. The number of nitrogens with one attached hydrogen (secondary N) is 1. The summed E-state index contributed by atoms with van der Waals surface area (Å²) >= 11 is 0. The molecule has 1 fully saturated rings. The van der Waals surface area contributed by atoms with Gasteiger partial charge >= 0.3 is 0 Å².